The average Bonchev–Trinajstić information content (AvgIpc) is 3.25. The Labute approximate surface area is 230 Å². The van der Waals surface area contributed by atoms with Crippen molar-refractivity contribution in [2.45, 2.75) is 104 Å². The molecule has 1 aromatic carbocycles. The summed E-state index contributed by atoms with van der Waals surface area (Å²) in [5.74, 6) is 1.77. The van der Waals surface area contributed by atoms with Crippen LogP contribution in [0.25, 0.3) is 10.9 Å². The van der Waals surface area contributed by atoms with Crippen molar-refractivity contribution in [3.05, 3.63) is 39.7 Å². The van der Waals surface area contributed by atoms with E-state index in [-0.39, 0.29) is 46.2 Å². The molecule has 0 aliphatic heterocycles. The fourth-order valence-corrected chi connectivity index (χ4v) is 10.2. The van der Waals surface area contributed by atoms with E-state index >= 15 is 0 Å². The number of hydrogen-bond acceptors (Lipinski definition) is 5. The first kappa shape index (κ1) is 27.3. The zero-order chi connectivity index (χ0) is 27.9. The number of H-pyrrole nitrogens is 1. The lowest BCUT2D eigenvalue weighted by molar-refractivity contribution is -0.207. The number of aliphatic hydroxyl groups excluding tert-OH is 3. The zero-order valence-corrected chi connectivity index (χ0v) is 23.8. The van der Waals surface area contributed by atoms with Crippen LogP contribution in [0.5, 0.6) is 0 Å². The molecule has 4 fully saturated rings. The Kier molecular flexibility index (Phi) is 6.75. The summed E-state index contributed by atoms with van der Waals surface area (Å²) in [5, 5.41) is 33.6. The smallest absolute Gasteiger partial charge is 0.261 e. The Morgan fingerprint density at radius 2 is 1.87 bits per heavy atom. The van der Waals surface area contributed by atoms with Crippen LogP contribution in [-0.4, -0.2) is 43.6 Å². The lowest BCUT2D eigenvalue weighted by Gasteiger charge is -2.63. The Hall–Kier alpha value is -1.83. The van der Waals surface area contributed by atoms with E-state index in [1.807, 2.05) is 0 Å². The molecule has 6 rings (SSSR count). The number of aromatic amines is 1. The molecular weight excluding hydrogens is 495 g/mol. The maximum Gasteiger partial charge on any atom is 0.261 e. The fourth-order valence-electron chi connectivity index (χ4n) is 10.2. The molecule has 0 saturated heterocycles. The lowest BCUT2D eigenvalue weighted by atomic mass is 9.43. The van der Waals surface area contributed by atoms with E-state index in [0.717, 1.165) is 51.4 Å². The number of halogens is 1. The summed E-state index contributed by atoms with van der Waals surface area (Å²) in [5.41, 5.74) is 0.199. The van der Waals surface area contributed by atoms with E-state index < -0.39 is 17.5 Å². The minimum absolute atomic E-state index is 0.0206. The second-order valence-corrected chi connectivity index (χ2v) is 14.1. The van der Waals surface area contributed by atoms with Gasteiger partial charge >= 0.3 is 0 Å². The van der Waals surface area contributed by atoms with E-state index in [0.29, 0.717) is 41.1 Å². The van der Waals surface area contributed by atoms with Crippen LogP contribution in [0.1, 0.15) is 83.5 Å². The molecule has 0 amide bonds. The number of benzene rings is 1. The van der Waals surface area contributed by atoms with E-state index in [9.17, 15) is 24.5 Å². The van der Waals surface area contributed by atoms with Gasteiger partial charge in [0.05, 0.1) is 23.8 Å². The predicted octanol–water partition coefficient (Wildman–Crippen LogP) is 4.90. The van der Waals surface area contributed by atoms with Gasteiger partial charge in [-0.1, -0.05) is 26.8 Å². The highest BCUT2D eigenvalue weighted by Gasteiger charge is 2.65. The van der Waals surface area contributed by atoms with Crippen molar-refractivity contribution in [3.63, 3.8) is 0 Å². The summed E-state index contributed by atoms with van der Waals surface area (Å²) in [6, 6.07) is 3.37. The lowest BCUT2D eigenvalue weighted by Crippen LogP contribution is -2.62. The largest absolute Gasteiger partial charge is 0.393 e. The predicted molar refractivity (Wildman–Crippen MR) is 149 cm³/mol. The van der Waals surface area contributed by atoms with Crippen LogP contribution in [0.15, 0.2) is 16.9 Å². The Morgan fingerprint density at radius 3 is 2.64 bits per heavy atom. The van der Waals surface area contributed by atoms with Crippen LogP contribution < -0.4 is 5.56 Å². The van der Waals surface area contributed by atoms with Crippen LogP contribution in [0.4, 0.5) is 4.39 Å². The van der Waals surface area contributed by atoms with E-state index in [1.165, 1.54) is 0 Å². The number of rotatable bonds is 4. The van der Waals surface area contributed by atoms with E-state index in [1.54, 1.807) is 19.1 Å². The number of nitrogens with zero attached hydrogens (tertiary/aromatic N) is 1. The minimum Gasteiger partial charge on any atom is -0.393 e. The van der Waals surface area contributed by atoms with Crippen molar-refractivity contribution in [2.24, 2.45) is 46.3 Å². The van der Waals surface area contributed by atoms with Crippen LogP contribution in [0, 0.1) is 59.1 Å². The molecule has 0 bridgehead atoms. The van der Waals surface area contributed by atoms with Crippen molar-refractivity contribution < 1.29 is 19.7 Å². The van der Waals surface area contributed by atoms with Gasteiger partial charge in [-0.05, 0) is 116 Å². The molecule has 1 aromatic heterocycles. The topological polar surface area (TPSA) is 106 Å². The molecule has 7 heteroatoms. The molecule has 6 nitrogen and oxygen atoms in total. The van der Waals surface area contributed by atoms with Crippen LogP contribution in [-0.2, 0) is 6.42 Å². The number of nitrogens with one attached hydrogen (secondary N) is 1. The summed E-state index contributed by atoms with van der Waals surface area (Å²) >= 11 is 0. The average molecular weight is 541 g/mol. The third kappa shape index (κ3) is 4.13. The summed E-state index contributed by atoms with van der Waals surface area (Å²) in [6.07, 6.45) is 6.45. The Morgan fingerprint density at radius 1 is 1.10 bits per heavy atom. The monoisotopic (exact) mass is 540 g/mol. The molecule has 4 aliphatic rings. The van der Waals surface area contributed by atoms with Gasteiger partial charge in [-0.15, -0.1) is 0 Å². The van der Waals surface area contributed by atoms with Gasteiger partial charge in [-0.2, -0.15) is 0 Å². The highest BCUT2D eigenvalue weighted by Crippen LogP contribution is 2.68. The second-order valence-electron chi connectivity index (χ2n) is 14.1. The minimum atomic E-state index is -0.509. The number of fused-ring (bicyclic) bond motifs is 6. The highest BCUT2D eigenvalue weighted by atomic mass is 19.1. The van der Waals surface area contributed by atoms with Gasteiger partial charge in [0.1, 0.15) is 17.0 Å². The van der Waals surface area contributed by atoms with Crippen molar-refractivity contribution in [1.82, 2.24) is 9.97 Å². The molecule has 1 unspecified atom stereocenters. The first-order valence-corrected chi connectivity index (χ1v) is 15.2. The third-order valence-corrected chi connectivity index (χ3v) is 12.4. The van der Waals surface area contributed by atoms with Gasteiger partial charge in [0.2, 0.25) is 0 Å². The van der Waals surface area contributed by atoms with Crippen molar-refractivity contribution in [2.75, 3.05) is 0 Å². The van der Waals surface area contributed by atoms with Crippen LogP contribution >= 0.6 is 0 Å². The van der Waals surface area contributed by atoms with E-state index in [4.69, 9.17) is 0 Å². The normalized spacial score (nSPS) is 42.6. The standard InChI is InChI=1S/C32H45FN2O4/c1-16(6-10-26-34-23-9-5-17(2)29(33)28(23)30(39)35-26)20-7-8-21-27-22(15-25(38)32(20,21)4)31(3)12-11-19(36)13-18(31)14-24(27)37/h5,9,16,18-22,24-25,27,36-38H,6-8,10-15H2,1-4H3,(H,34,35,39)/t16-,18+,19-,20-,21+,22?,24-,25+,27+,31+,32-/m1/s1. The molecule has 0 spiro atoms. The maximum absolute atomic E-state index is 14.5. The summed E-state index contributed by atoms with van der Waals surface area (Å²) in [7, 11) is 0. The molecule has 11 atom stereocenters. The van der Waals surface area contributed by atoms with Crippen molar-refractivity contribution in [1.29, 1.82) is 0 Å². The molecule has 2 aromatic rings. The number of hydrogen-bond donors (Lipinski definition) is 4. The van der Waals surface area contributed by atoms with Crippen molar-refractivity contribution in [3.8, 4) is 0 Å². The summed E-state index contributed by atoms with van der Waals surface area (Å²) in [6.45, 7) is 8.52. The van der Waals surface area contributed by atoms with Gasteiger partial charge < -0.3 is 20.3 Å². The summed E-state index contributed by atoms with van der Waals surface area (Å²) < 4.78 is 14.5. The number of aromatic nitrogens is 2. The van der Waals surface area contributed by atoms with Gasteiger partial charge in [-0.3, -0.25) is 4.79 Å². The molecule has 1 heterocycles. The maximum atomic E-state index is 14.5. The zero-order valence-electron chi connectivity index (χ0n) is 23.8. The molecule has 39 heavy (non-hydrogen) atoms. The molecular formula is C32H45FN2O4. The molecule has 4 N–H and O–H groups in total. The first-order valence-electron chi connectivity index (χ1n) is 15.2. The van der Waals surface area contributed by atoms with Gasteiger partial charge in [0, 0.05) is 6.42 Å². The Balaban J connectivity index is 1.21. The highest BCUT2D eigenvalue weighted by molar-refractivity contribution is 5.79. The Bertz CT molecular complexity index is 1310. The van der Waals surface area contributed by atoms with E-state index in [2.05, 4.69) is 30.7 Å². The number of aliphatic hydroxyl groups is 3. The summed E-state index contributed by atoms with van der Waals surface area (Å²) in [4.78, 5) is 20.0. The van der Waals surface area contributed by atoms with Crippen LogP contribution in [0.2, 0.25) is 0 Å². The molecule has 4 saturated carbocycles. The molecule has 0 radical (unpaired) electrons. The molecule has 4 aliphatic carbocycles. The third-order valence-electron chi connectivity index (χ3n) is 12.4. The number of aryl methyl sites for hydroxylation is 2. The second kappa shape index (κ2) is 9.63. The quantitative estimate of drug-likeness (QED) is 0.441. The fraction of sp³-hybridized carbons (Fsp3) is 0.750. The molecule has 214 valence electrons. The SMILES string of the molecule is Cc1ccc2nc(CC[C@@H](C)[C@H]3CC[C@H]4[C@H]5C(C[C@H](O)[C@]34C)[C@@]3(C)CC[C@@H](O)C[C@H]3C[C@H]5O)[nH]c(=O)c2c1F. The van der Waals surface area contributed by atoms with Crippen molar-refractivity contribution >= 4 is 10.9 Å². The van der Waals surface area contributed by atoms with Crippen LogP contribution in [0.3, 0.4) is 0 Å². The van der Waals surface area contributed by atoms with Gasteiger partial charge in [0.25, 0.3) is 5.56 Å². The van der Waals surface area contributed by atoms with Gasteiger partial charge in [0.15, 0.2) is 0 Å². The van der Waals surface area contributed by atoms with Gasteiger partial charge in [-0.25, -0.2) is 9.37 Å². The first-order chi connectivity index (χ1) is 18.4.